The number of hydrogen-bond donors (Lipinski definition) is 2. The van der Waals surface area contributed by atoms with Gasteiger partial charge in [-0.25, -0.2) is 9.59 Å². The van der Waals surface area contributed by atoms with E-state index in [9.17, 15) is 9.59 Å². The van der Waals surface area contributed by atoms with Crippen LogP contribution in [0.2, 0.25) is 0 Å². The van der Waals surface area contributed by atoms with Crippen molar-refractivity contribution in [3.63, 3.8) is 0 Å². The quantitative estimate of drug-likeness (QED) is 0.343. The second-order valence-electron chi connectivity index (χ2n) is 8.61. The van der Waals surface area contributed by atoms with E-state index < -0.39 is 24.5 Å². The Bertz CT molecular complexity index is 542. The van der Waals surface area contributed by atoms with Gasteiger partial charge in [0.15, 0.2) is 0 Å². The molecule has 8 atom stereocenters. The summed E-state index contributed by atoms with van der Waals surface area (Å²) in [4.78, 5) is 22.2. The first-order valence-electron chi connectivity index (χ1n) is 12.2. The lowest BCUT2D eigenvalue weighted by molar-refractivity contribution is -0.249. The Morgan fingerprint density at radius 2 is 1.16 bits per heavy atom. The zero-order valence-electron chi connectivity index (χ0n) is 21.6. The SMILES string of the molecule is C.C.C.C.CCC(C)O.CCC(C)OC(=O)C1OC(C)CC(CC)O1.CCC1CC(C)OC(C(=O)O)O1. The van der Waals surface area contributed by atoms with Crippen LogP contribution in [0.15, 0.2) is 0 Å². The Balaban J connectivity index is -0.000000146. The third kappa shape index (κ3) is 20.4. The smallest absolute Gasteiger partial charge is 0.363 e. The number of aliphatic hydroxyl groups excluding tert-OH is 1. The number of carboxylic acids is 1. The monoisotopic (exact) mass is 542 g/mol. The molecule has 2 heterocycles. The number of hydrogen-bond acceptors (Lipinski definition) is 8. The van der Waals surface area contributed by atoms with Crippen LogP contribution in [0, 0.1) is 0 Å². The van der Waals surface area contributed by atoms with Crippen LogP contribution in [-0.4, -0.2) is 71.4 Å². The fraction of sp³-hybridized carbons (Fsp3) is 0.929. The lowest BCUT2D eigenvalue weighted by atomic mass is 10.1. The predicted molar refractivity (Wildman–Crippen MR) is 151 cm³/mol. The standard InChI is InChI=1S/C12H22O4.C8H14O4.C4H10O.4CH4/c1-5-8(3)14-11(13)12-15-9(4)7-10(6-2)16-12;1-3-6-4-5(2)11-8(12-6)7(9)10;1-3-4(2)5;;;;/h8-10,12H,5-7H2,1-4H3;5-6,8H,3-4H2,1-2H3,(H,9,10);4-5H,3H2,1-2H3;4*1H4. The van der Waals surface area contributed by atoms with Crippen LogP contribution in [0.3, 0.4) is 0 Å². The van der Waals surface area contributed by atoms with E-state index in [0.29, 0.717) is 0 Å². The van der Waals surface area contributed by atoms with E-state index in [-0.39, 0.29) is 66.3 Å². The van der Waals surface area contributed by atoms with E-state index >= 15 is 0 Å². The van der Waals surface area contributed by atoms with E-state index in [1.165, 1.54) is 0 Å². The van der Waals surface area contributed by atoms with Crippen molar-refractivity contribution in [3.05, 3.63) is 0 Å². The molecule has 0 spiro atoms. The minimum absolute atomic E-state index is 0. The van der Waals surface area contributed by atoms with E-state index in [1.54, 1.807) is 6.92 Å². The van der Waals surface area contributed by atoms with E-state index in [2.05, 4.69) is 0 Å². The summed E-state index contributed by atoms with van der Waals surface area (Å²) in [5, 5.41) is 17.0. The molecule has 8 unspecified atom stereocenters. The van der Waals surface area contributed by atoms with Gasteiger partial charge in [0.2, 0.25) is 0 Å². The van der Waals surface area contributed by atoms with Gasteiger partial charge in [0, 0.05) is 0 Å². The van der Waals surface area contributed by atoms with Gasteiger partial charge in [0.25, 0.3) is 12.6 Å². The summed E-state index contributed by atoms with van der Waals surface area (Å²) in [6.07, 6.45) is 3.02. The Labute approximate surface area is 228 Å². The van der Waals surface area contributed by atoms with Gasteiger partial charge in [-0.1, -0.05) is 57.4 Å². The molecule has 37 heavy (non-hydrogen) atoms. The van der Waals surface area contributed by atoms with Crippen LogP contribution in [-0.2, 0) is 33.3 Å². The zero-order valence-corrected chi connectivity index (χ0v) is 21.6. The summed E-state index contributed by atoms with van der Waals surface area (Å²) >= 11 is 0. The predicted octanol–water partition coefficient (Wildman–Crippen LogP) is 6.58. The number of carboxylic acid groups (broad SMARTS) is 1. The zero-order chi connectivity index (χ0) is 25.6. The number of aliphatic carboxylic acids is 1. The van der Waals surface area contributed by atoms with Crippen LogP contribution >= 0.6 is 0 Å². The highest BCUT2D eigenvalue weighted by Gasteiger charge is 2.33. The summed E-state index contributed by atoms with van der Waals surface area (Å²) in [6.45, 7) is 15.4. The van der Waals surface area contributed by atoms with Crippen molar-refractivity contribution in [2.45, 2.75) is 173 Å². The molecule has 0 aliphatic carbocycles. The van der Waals surface area contributed by atoms with Crippen LogP contribution in [0.5, 0.6) is 0 Å². The highest BCUT2D eigenvalue weighted by Crippen LogP contribution is 2.22. The highest BCUT2D eigenvalue weighted by atomic mass is 16.7. The van der Waals surface area contributed by atoms with Crippen molar-refractivity contribution < 1.29 is 43.5 Å². The molecule has 0 saturated carbocycles. The second kappa shape index (κ2) is 25.0. The molecular formula is C28H62O9. The lowest BCUT2D eigenvalue weighted by Crippen LogP contribution is -2.42. The van der Waals surface area contributed by atoms with Crippen molar-refractivity contribution in [2.24, 2.45) is 0 Å². The molecule has 2 fully saturated rings. The molecule has 0 amide bonds. The fourth-order valence-corrected chi connectivity index (χ4v) is 2.89. The van der Waals surface area contributed by atoms with Crippen molar-refractivity contribution in [2.75, 3.05) is 0 Å². The molecule has 9 heteroatoms. The van der Waals surface area contributed by atoms with Gasteiger partial charge in [-0.2, -0.15) is 0 Å². The van der Waals surface area contributed by atoms with Crippen LogP contribution in [0.25, 0.3) is 0 Å². The van der Waals surface area contributed by atoms with Gasteiger partial charge in [-0.15, -0.1) is 0 Å². The van der Waals surface area contributed by atoms with Crippen LogP contribution < -0.4 is 0 Å². The van der Waals surface area contributed by atoms with Crippen molar-refractivity contribution in [3.8, 4) is 0 Å². The molecule has 2 rings (SSSR count). The van der Waals surface area contributed by atoms with Crippen molar-refractivity contribution >= 4 is 11.9 Å². The average Bonchev–Trinajstić information content (AvgIpc) is 2.78. The molecule has 0 radical (unpaired) electrons. The van der Waals surface area contributed by atoms with E-state index in [1.807, 2.05) is 48.5 Å². The Hall–Kier alpha value is -1.26. The maximum atomic E-state index is 11.7. The van der Waals surface area contributed by atoms with Crippen LogP contribution in [0.1, 0.15) is 124 Å². The molecule has 2 N–H and O–H groups in total. The summed E-state index contributed by atoms with van der Waals surface area (Å²) < 4.78 is 26.3. The van der Waals surface area contributed by atoms with Gasteiger partial charge < -0.3 is 33.9 Å². The van der Waals surface area contributed by atoms with E-state index in [4.69, 9.17) is 33.9 Å². The maximum Gasteiger partial charge on any atom is 0.363 e. The van der Waals surface area contributed by atoms with Gasteiger partial charge in [-0.3, -0.25) is 0 Å². The Morgan fingerprint density at radius 3 is 1.49 bits per heavy atom. The van der Waals surface area contributed by atoms with Crippen molar-refractivity contribution in [1.29, 1.82) is 0 Å². The molecule has 2 aliphatic heterocycles. The Kier molecular flexibility index (Phi) is 30.9. The number of ether oxygens (including phenoxy) is 5. The largest absolute Gasteiger partial charge is 0.477 e. The van der Waals surface area contributed by atoms with Gasteiger partial charge in [-0.05, 0) is 66.2 Å². The van der Waals surface area contributed by atoms with Gasteiger partial charge >= 0.3 is 11.9 Å². The summed E-state index contributed by atoms with van der Waals surface area (Å²) in [5.41, 5.74) is 0. The molecule has 9 nitrogen and oxygen atoms in total. The minimum atomic E-state index is -1.07. The molecule has 2 saturated heterocycles. The number of carbonyl (C=O) groups is 2. The Morgan fingerprint density at radius 1 is 0.784 bits per heavy atom. The highest BCUT2D eigenvalue weighted by molar-refractivity contribution is 5.73. The topological polar surface area (TPSA) is 121 Å². The molecule has 0 aromatic carbocycles. The molecule has 0 aromatic rings. The molecule has 228 valence electrons. The first kappa shape index (κ1) is 45.6. The molecule has 0 bridgehead atoms. The third-order valence-electron chi connectivity index (χ3n) is 5.32. The first-order chi connectivity index (χ1) is 15.5. The van der Waals surface area contributed by atoms with Gasteiger partial charge in [0.05, 0.1) is 36.6 Å². The van der Waals surface area contributed by atoms with Crippen LogP contribution in [0.4, 0.5) is 0 Å². The normalized spacial score (nSPS) is 27.7. The fourth-order valence-electron chi connectivity index (χ4n) is 2.89. The maximum absolute atomic E-state index is 11.7. The number of rotatable bonds is 7. The van der Waals surface area contributed by atoms with Gasteiger partial charge in [0.1, 0.15) is 0 Å². The average molecular weight is 543 g/mol. The number of esters is 1. The summed E-state index contributed by atoms with van der Waals surface area (Å²) in [5.74, 6) is -1.45. The van der Waals surface area contributed by atoms with E-state index in [0.717, 1.165) is 38.5 Å². The third-order valence-corrected chi connectivity index (χ3v) is 5.32. The first-order valence-corrected chi connectivity index (χ1v) is 12.2. The van der Waals surface area contributed by atoms with Crippen molar-refractivity contribution in [1.82, 2.24) is 0 Å². The lowest BCUT2D eigenvalue weighted by Gasteiger charge is -2.32. The molecular weight excluding hydrogens is 480 g/mol. The minimum Gasteiger partial charge on any atom is -0.477 e. The molecule has 2 aliphatic rings. The number of carbonyl (C=O) groups excluding carboxylic acids is 1. The second-order valence-corrected chi connectivity index (χ2v) is 8.61. The summed E-state index contributed by atoms with van der Waals surface area (Å²) in [7, 11) is 0. The summed E-state index contributed by atoms with van der Waals surface area (Å²) in [6, 6.07) is 0. The number of aliphatic hydroxyl groups is 1. The molecule has 0 aromatic heterocycles.